The molecule has 0 aliphatic heterocycles. The summed E-state index contributed by atoms with van der Waals surface area (Å²) in [5.74, 6) is -0.511. The van der Waals surface area contributed by atoms with Crippen molar-refractivity contribution in [1.82, 2.24) is 14.8 Å². The number of hydrogen-bond donors (Lipinski definition) is 1. The van der Waals surface area contributed by atoms with Crippen LogP contribution in [0.1, 0.15) is 28.0 Å². The van der Waals surface area contributed by atoms with Crippen LogP contribution in [0.25, 0.3) is 38.6 Å². The monoisotopic (exact) mass is 438 g/mol. The Morgan fingerprint density at radius 1 is 1.06 bits per heavy atom. The highest BCUT2D eigenvalue weighted by Gasteiger charge is 2.16. The van der Waals surface area contributed by atoms with E-state index in [2.05, 4.69) is 23.2 Å². The van der Waals surface area contributed by atoms with Crippen LogP contribution in [0.15, 0.2) is 72.9 Å². The van der Waals surface area contributed by atoms with Crippen molar-refractivity contribution in [2.45, 2.75) is 19.8 Å². The Hall–Kier alpha value is -4.06. The molecule has 5 aromatic rings. The van der Waals surface area contributed by atoms with E-state index in [0.29, 0.717) is 18.4 Å². The van der Waals surface area contributed by atoms with Crippen LogP contribution in [0.2, 0.25) is 0 Å². The SMILES string of the molecule is Cc1nn(-c2ccc(C(N)=O)c(CCCF)c2)c2cccc(-c3cnc4ccccc4c3)c12. The number of aryl methyl sites for hydroxylation is 2. The van der Waals surface area contributed by atoms with Crippen molar-refractivity contribution >= 4 is 27.7 Å². The van der Waals surface area contributed by atoms with Gasteiger partial charge in [-0.2, -0.15) is 5.10 Å². The lowest BCUT2D eigenvalue weighted by Crippen LogP contribution is -2.14. The lowest BCUT2D eigenvalue weighted by molar-refractivity contribution is 0.0999. The molecule has 1 amide bonds. The average molecular weight is 439 g/mol. The highest BCUT2D eigenvalue weighted by Crippen LogP contribution is 2.33. The van der Waals surface area contributed by atoms with Crippen molar-refractivity contribution < 1.29 is 9.18 Å². The zero-order valence-corrected chi connectivity index (χ0v) is 18.3. The van der Waals surface area contributed by atoms with Gasteiger partial charge >= 0.3 is 0 Å². The summed E-state index contributed by atoms with van der Waals surface area (Å²) >= 11 is 0. The van der Waals surface area contributed by atoms with Gasteiger partial charge in [-0.15, -0.1) is 0 Å². The predicted octanol–water partition coefficient (Wildman–Crippen LogP) is 5.55. The van der Waals surface area contributed by atoms with Crippen LogP contribution in [-0.4, -0.2) is 27.3 Å². The number of primary amides is 1. The number of amides is 1. The summed E-state index contributed by atoms with van der Waals surface area (Å²) in [6.45, 7) is 1.54. The van der Waals surface area contributed by atoms with Crippen molar-refractivity contribution in [1.29, 1.82) is 0 Å². The number of hydrogen-bond acceptors (Lipinski definition) is 3. The number of benzene rings is 3. The topological polar surface area (TPSA) is 73.8 Å². The first-order chi connectivity index (χ1) is 16.1. The number of fused-ring (bicyclic) bond motifs is 2. The Balaban J connectivity index is 1.66. The van der Waals surface area contributed by atoms with Crippen LogP contribution >= 0.6 is 0 Å². The standard InChI is InChI=1S/C27H23FN4O/c1-17-26-22(20-14-19-6-2-3-9-24(19)30-16-20)8-4-10-25(26)32(31-17)21-11-12-23(27(29)33)18(15-21)7-5-13-28/h2-4,6,8-12,14-16H,5,7,13H2,1H3,(H2,29,33). The van der Waals surface area contributed by atoms with Crippen LogP contribution in [0.3, 0.4) is 0 Å². The molecule has 3 aromatic carbocycles. The van der Waals surface area contributed by atoms with E-state index in [4.69, 9.17) is 10.8 Å². The number of aromatic nitrogens is 3. The molecule has 0 saturated heterocycles. The molecular weight excluding hydrogens is 415 g/mol. The minimum Gasteiger partial charge on any atom is -0.366 e. The number of nitrogens with zero attached hydrogens (tertiary/aromatic N) is 3. The van der Waals surface area contributed by atoms with E-state index in [1.807, 2.05) is 60.3 Å². The summed E-state index contributed by atoms with van der Waals surface area (Å²) < 4.78 is 14.7. The van der Waals surface area contributed by atoms with Crippen molar-refractivity contribution in [3.63, 3.8) is 0 Å². The van der Waals surface area contributed by atoms with Gasteiger partial charge in [0.05, 0.1) is 29.1 Å². The quantitative estimate of drug-likeness (QED) is 0.378. The number of pyridine rings is 1. The average Bonchev–Trinajstić information content (AvgIpc) is 3.18. The van der Waals surface area contributed by atoms with Crippen molar-refractivity contribution in [2.75, 3.05) is 6.67 Å². The van der Waals surface area contributed by atoms with Gasteiger partial charge in [0.25, 0.3) is 0 Å². The predicted molar refractivity (Wildman–Crippen MR) is 129 cm³/mol. The Morgan fingerprint density at radius 2 is 1.91 bits per heavy atom. The molecule has 0 atom stereocenters. The first kappa shape index (κ1) is 20.8. The normalized spacial score (nSPS) is 11.3. The van der Waals surface area contributed by atoms with Gasteiger partial charge in [-0.05, 0) is 67.3 Å². The molecule has 2 N–H and O–H groups in total. The summed E-state index contributed by atoms with van der Waals surface area (Å²) in [6.07, 6.45) is 2.67. The third-order valence-electron chi connectivity index (χ3n) is 5.96. The number of para-hydroxylation sites is 1. The molecule has 6 heteroatoms. The molecular formula is C27H23FN4O. The lowest BCUT2D eigenvalue weighted by atomic mass is 10.00. The van der Waals surface area contributed by atoms with Crippen molar-refractivity contribution in [3.8, 4) is 16.8 Å². The van der Waals surface area contributed by atoms with E-state index in [-0.39, 0.29) is 0 Å². The maximum atomic E-state index is 12.8. The zero-order valence-electron chi connectivity index (χ0n) is 18.3. The molecule has 0 aliphatic rings. The van der Waals surface area contributed by atoms with Crippen molar-refractivity contribution in [2.24, 2.45) is 5.73 Å². The molecule has 0 radical (unpaired) electrons. The minimum absolute atomic E-state index is 0.335. The van der Waals surface area contributed by atoms with Gasteiger partial charge in [0.2, 0.25) is 5.91 Å². The van der Waals surface area contributed by atoms with Crippen molar-refractivity contribution in [3.05, 3.63) is 89.7 Å². The molecule has 5 nitrogen and oxygen atoms in total. The highest BCUT2D eigenvalue weighted by molar-refractivity contribution is 5.99. The number of halogens is 1. The Labute approximate surface area is 190 Å². The van der Waals surface area contributed by atoms with Crippen LogP contribution in [-0.2, 0) is 6.42 Å². The Kier molecular flexibility index (Phi) is 5.34. The molecule has 33 heavy (non-hydrogen) atoms. The summed E-state index contributed by atoms with van der Waals surface area (Å²) in [7, 11) is 0. The number of rotatable bonds is 6. The van der Waals surface area contributed by atoms with Gasteiger partial charge in [0.15, 0.2) is 0 Å². The third-order valence-corrected chi connectivity index (χ3v) is 5.96. The fourth-order valence-corrected chi connectivity index (χ4v) is 4.42. The third kappa shape index (κ3) is 3.74. The number of nitrogens with two attached hydrogens (primary N) is 1. The van der Waals surface area contributed by atoms with Gasteiger partial charge in [0, 0.05) is 28.1 Å². The van der Waals surface area contributed by atoms with Gasteiger partial charge in [-0.1, -0.05) is 30.3 Å². The number of carbonyl (C=O) groups is 1. The van der Waals surface area contributed by atoms with Gasteiger partial charge < -0.3 is 5.73 Å². The van der Waals surface area contributed by atoms with E-state index < -0.39 is 12.6 Å². The maximum Gasteiger partial charge on any atom is 0.248 e. The summed E-state index contributed by atoms with van der Waals surface area (Å²) in [4.78, 5) is 16.5. The smallest absolute Gasteiger partial charge is 0.248 e. The van der Waals surface area contributed by atoms with Gasteiger partial charge in [-0.3, -0.25) is 14.2 Å². The molecule has 0 unspecified atom stereocenters. The van der Waals surface area contributed by atoms with E-state index in [1.54, 1.807) is 6.07 Å². The summed E-state index contributed by atoms with van der Waals surface area (Å²) in [5.41, 5.74) is 12.4. The second kappa shape index (κ2) is 8.47. The van der Waals surface area contributed by atoms with E-state index in [0.717, 1.165) is 49.9 Å². The molecule has 0 saturated carbocycles. The van der Waals surface area contributed by atoms with Crippen LogP contribution < -0.4 is 5.73 Å². The second-order valence-corrected chi connectivity index (χ2v) is 8.11. The molecule has 0 spiro atoms. The van der Waals surface area contributed by atoms with E-state index in [9.17, 15) is 9.18 Å². The number of carbonyl (C=O) groups excluding carboxylic acids is 1. The fraction of sp³-hybridized carbons (Fsp3) is 0.148. The summed E-state index contributed by atoms with van der Waals surface area (Å²) in [6, 6.07) is 21.7. The molecule has 5 rings (SSSR count). The lowest BCUT2D eigenvalue weighted by Gasteiger charge is -2.11. The van der Waals surface area contributed by atoms with E-state index in [1.165, 1.54) is 0 Å². The van der Waals surface area contributed by atoms with E-state index >= 15 is 0 Å². The maximum absolute atomic E-state index is 12.8. The van der Waals surface area contributed by atoms with Gasteiger partial charge in [-0.25, -0.2) is 4.68 Å². The first-order valence-electron chi connectivity index (χ1n) is 10.9. The second-order valence-electron chi connectivity index (χ2n) is 8.11. The molecule has 0 aliphatic carbocycles. The molecule has 0 bridgehead atoms. The minimum atomic E-state index is -0.511. The van der Waals surface area contributed by atoms with Gasteiger partial charge in [0.1, 0.15) is 0 Å². The molecule has 2 heterocycles. The Bertz CT molecular complexity index is 1510. The first-order valence-corrected chi connectivity index (χ1v) is 10.9. The largest absolute Gasteiger partial charge is 0.366 e. The molecule has 164 valence electrons. The highest BCUT2D eigenvalue weighted by atomic mass is 19.1. The Morgan fingerprint density at radius 3 is 2.73 bits per heavy atom. The van der Waals surface area contributed by atoms with Crippen LogP contribution in [0, 0.1) is 6.92 Å². The van der Waals surface area contributed by atoms with Crippen LogP contribution in [0.5, 0.6) is 0 Å². The molecule has 0 fully saturated rings. The number of alkyl halides is 1. The summed E-state index contributed by atoms with van der Waals surface area (Å²) in [5, 5.41) is 6.93. The fourth-order valence-electron chi connectivity index (χ4n) is 4.42. The van der Waals surface area contributed by atoms with Crippen LogP contribution in [0.4, 0.5) is 4.39 Å². The zero-order chi connectivity index (χ0) is 22.9. The molecule has 2 aromatic heterocycles.